The van der Waals surface area contributed by atoms with E-state index in [1.54, 1.807) is 31.2 Å². The van der Waals surface area contributed by atoms with Gasteiger partial charge >= 0.3 is 5.97 Å². The number of ether oxygens (including phenoxy) is 2. The molecular weight excluding hydrogens is 260 g/mol. The smallest absolute Gasteiger partial charge is 0.332 e. The lowest BCUT2D eigenvalue weighted by atomic mass is 10.2. The zero-order valence-electron chi connectivity index (χ0n) is 11.4. The van der Waals surface area contributed by atoms with E-state index in [0.717, 1.165) is 0 Å². The predicted molar refractivity (Wildman–Crippen MR) is 71.8 cm³/mol. The summed E-state index contributed by atoms with van der Waals surface area (Å²) in [6.07, 6.45) is -0.918. The third kappa shape index (κ3) is 5.08. The van der Waals surface area contributed by atoms with Gasteiger partial charge in [-0.05, 0) is 38.1 Å². The van der Waals surface area contributed by atoms with Crippen molar-refractivity contribution in [1.82, 2.24) is 0 Å². The highest BCUT2D eigenvalue weighted by molar-refractivity contribution is 5.95. The molecule has 6 heteroatoms. The summed E-state index contributed by atoms with van der Waals surface area (Å²) in [6.45, 7) is 3.46. The molecule has 0 aliphatic rings. The van der Waals surface area contributed by atoms with Crippen LogP contribution in [0.5, 0.6) is 0 Å². The zero-order valence-corrected chi connectivity index (χ0v) is 11.4. The van der Waals surface area contributed by atoms with Crippen molar-refractivity contribution < 1.29 is 19.1 Å². The number of benzene rings is 1. The summed E-state index contributed by atoms with van der Waals surface area (Å²) in [7, 11) is 0. The summed E-state index contributed by atoms with van der Waals surface area (Å²) in [6, 6.07) is 8.35. The topological polar surface area (TPSA) is 88.4 Å². The highest BCUT2D eigenvalue weighted by atomic mass is 16.6. The lowest BCUT2D eigenvalue weighted by Gasteiger charge is -2.13. The monoisotopic (exact) mass is 276 g/mol. The molecule has 0 aromatic heterocycles. The van der Waals surface area contributed by atoms with Gasteiger partial charge in [0.25, 0.3) is 5.91 Å². The Labute approximate surface area is 117 Å². The first-order chi connectivity index (χ1) is 9.56. The SMILES string of the molecule is CCOCC(=O)O[C@H](C)C(=O)Nc1ccc(C#N)cc1. The fourth-order valence-electron chi connectivity index (χ4n) is 1.34. The number of anilines is 1. The number of nitriles is 1. The maximum atomic E-state index is 11.8. The average Bonchev–Trinajstić information content (AvgIpc) is 2.45. The van der Waals surface area contributed by atoms with Crippen molar-refractivity contribution in [3.63, 3.8) is 0 Å². The Hall–Kier alpha value is -2.39. The van der Waals surface area contributed by atoms with Gasteiger partial charge in [0.2, 0.25) is 0 Å². The van der Waals surface area contributed by atoms with Crippen LogP contribution >= 0.6 is 0 Å². The first kappa shape index (κ1) is 15.7. The predicted octanol–water partition coefficient (Wildman–Crippen LogP) is 1.46. The molecule has 1 amide bonds. The molecule has 0 saturated heterocycles. The molecule has 1 N–H and O–H groups in total. The molecule has 0 aliphatic carbocycles. The van der Waals surface area contributed by atoms with Crippen molar-refractivity contribution in [3.8, 4) is 6.07 Å². The van der Waals surface area contributed by atoms with Crippen LogP contribution in [0.3, 0.4) is 0 Å². The van der Waals surface area contributed by atoms with Crippen LogP contribution in [0, 0.1) is 11.3 Å². The third-order valence-corrected chi connectivity index (χ3v) is 2.38. The van der Waals surface area contributed by atoms with Crippen LogP contribution in [0.15, 0.2) is 24.3 Å². The first-order valence-electron chi connectivity index (χ1n) is 6.15. The van der Waals surface area contributed by atoms with E-state index in [4.69, 9.17) is 14.7 Å². The minimum absolute atomic E-state index is 0.176. The molecule has 1 atom stereocenters. The van der Waals surface area contributed by atoms with E-state index in [1.807, 2.05) is 6.07 Å². The van der Waals surface area contributed by atoms with Gasteiger partial charge in [0.1, 0.15) is 6.61 Å². The maximum absolute atomic E-state index is 11.8. The summed E-state index contributed by atoms with van der Waals surface area (Å²) in [5, 5.41) is 11.2. The van der Waals surface area contributed by atoms with Crippen LogP contribution in [-0.2, 0) is 19.1 Å². The van der Waals surface area contributed by atoms with Crippen molar-refractivity contribution in [2.45, 2.75) is 20.0 Å². The molecule has 0 radical (unpaired) electrons. The number of rotatable bonds is 6. The highest BCUT2D eigenvalue weighted by Gasteiger charge is 2.17. The Morgan fingerprint density at radius 1 is 1.35 bits per heavy atom. The lowest BCUT2D eigenvalue weighted by molar-refractivity contribution is -0.157. The number of carbonyl (C=O) groups excluding carboxylic acids is 2. The van der Waals surface area contributed by atoms with Gasteiger partial charge in [-0.2, -0.15) is 5.26 Å². The van der Waals surface area contributed by atoms with Crippen molar-refractivity contribution in [1.29, 1.82) is 5.26 Å². The molecule has 0 fully saturated rings. The van der Waals surface area contributed by atoms with Crippen molar-refractivity contribution in [3.05, 3.63) is 29.8 Å². The Balaban J connectivity index is 2.48. The summed E-state index contributed by atoms with van der Waals surface area (Å²) in [5.74, 6) is -1.03. The Bertz CT molecular complexity index is 505. The van der Waals surface area contributed by atoms with Crippen molar-refractivity contribution >= 4 is 17.6 Å². The van der Waals surface area contributed by atoms with Crippen LogP contribution in [0.4, 0.5) is 5.69 Å². The van der Waals surface area contributed by atoms with Gasteiger partial charge in [0, 0.05) is 12.3 Å². The van der Waals surface area contributed by atoms with E-state index in [0.29, 0.717) is 17.9 Å². The van der Waals surface area contributed by atoms with Gasteiger partial charge in [-0.25, -0.2) is 4.79 Å². The van der Waals surface area contributed by atoms with Crippen LogP contribution in [0.2, 0.25) is 0 Å². The van der Waals surface area contributed by atoms with E-state index in [-0.39, 0.29) is 6.61 Å². The largest absolute Gasteiger partial charge is 0.451 e. The summed E-state index contributed by atoms with van der Waals surface area (Å²) < 4.78 is 9.79. The fourth-order valence-corrected chi connectivity index (χ4v) is 1.34. The lowest BCUT2D eigenvalue weighted by Crippen LogP contribution is -2.31. The molecule has 106 valence electrons. The minimum Gasteiger partial charge on any atom is -0.451 e. The normalized spacial score (nSPS) is 11.2. The fraction of sp³-hybridized carbons (Fsp3) is 0.357. The molecule has 0 aliphatic heterocycles. The molecule has 0 unspecified atom stereocenters. The molecule has 0 saturated carbocycles. The van der Waals surface area contributed by atoms with Crippen LogP contribution < -0.4 is 5.32 Å². The molecule has 1 rings (SSSR count). The van der Waals surface area contributed by atoms with Gasteiger partial charge in [0.05, 0.1) is 11.6 Å². The number of hydrogen-bond acceptors (Lipinski definition) is 5. The van der Waals surface area contributed by atoms with E-state index in [1.165, 1.54) is 6.92 Å². The average molecular weight is 276 g/mol. The van der Waals surface area contributed by atoms with Crippen LogP contribution in [0.25, 0.3) is 0 Å². The molecule has 1 aromatic rings. The van der Waals surface area contributed by atoms with E-state index >= 15 is 0 Å². The standard InChI is InChI=1S/C14H16N2O4/c1-3-19-9-13(17)20-10(2)14(18)16-12-6-4-11(8-15)5-7-12/h4-7,10H,3,9H2,1-2H3,(H,16,18)/t10-/m1/s1. The highest BCUT2D eigenvalue weighted by Crippen LogP contribution is 2.09. The quantitative estimate of drug-likeness (QED) is 0.795. The molecule has 0 bridgehead atoms. The van der Waals surface area contributed by atoms with Gasteiger partial charge in [-0.3, -0.25) is 4.79 Å². The summed E-state index contributed by atoms with van der Waals surface area (Å²) in [4.78, 5) is 23.1. The maximum Gasteiger partial charge on any atom is 0.332 e. The third-order valence-electron chi connectivity index (χ3n) is 2.38. The Morgan fingerprint density at radius 3 is 2.55 bits per heavy atom. The minimum atomic E-state index is -0.918. The second kappa shape index (κ2) is 7.92. The Morgan fingerprint density at radius 2 is 2.00 bits per heavy atom. The van der Waals surface area contributed by atoms with Crippen molar-refractivity contribution in [2.24, 2.45) is 0 Å². The van der Waals surface area contributed by atoms with Gasteiger partial charge < -0.3 is 14.8 Å². The zero-order chi connectivity index (χ0) is 15.0. The van der Waals surface area contributed by atoms with Gasteiger partial charge in [0.15, 0.2) is 6.10 Å². The Kier molecular flexibility index (Phi) is 6.20. The summed E-state index contributed by atoms with van der Waals surface area (Å²) >= 11 is 0. The molecule has 0 heterocycles. The van der Waals surface area contributed by atoms with Crippen LogP contribution in [0.1, 0.15) is 19.4 Å². The number of esters is 1. The van der Waals surface area contributed by atoms with E-state index < -0.39 is 18.0 Å². The number of nitrogens with one attached hydrogen (secondary N) is 1. The molecule has 20 heavy (non-hydrogen) atoms. The van der Waals surface area contributed by atoms with Gasteiger partial charge in [-0.15, -0.1) is 0 Å². The number of carbonyl (C=O) groups is 2. The number of nitrogens with zero attached hydrogens (tertiary/aromatic N) is 1. The summed E-state index contributed by atoms with van der Waals surface area (Å²) in [5.41, 5.74) is 1.03. The first-order valence-corrected chi connectivity index (χ1v) is 6.15. The van der Waals surface area contributed by atoms with E-state index in [2.05, 4.69) is 5.32 Å². The van der Waals surface area contributed by atoms with Gasteiger partial charge in [-0.1, -0.05) is 0 Å². The second-order valence-corrected chi connectivity index (χ2v) is 3.95. The molecule has 1 aromatic carbocycles. The molecular formula is C14H16N2O4. The second-order valence-electron chi connectivity index (χ2n) is 3.95. The molecule has 6 nitrogen and oxygen atoms in total. The molecule has 0 spiro atoms. The van der Waals surface area contributed by atoms with Crippen molar-refractivity contribution in [2.75, 3.05) is 18.5 Å². The van der Waals surface area contributed by atoms with E-state index in [9.17, 15) is 9.59 Å². The number of amides is 1. The number of hydrogen-bond donors (Lipinski definition) is 1. The van der Waals surface area contributed by atoms with Crippen LogP contribution in [-0.4, -0.2) is 31.2 Å².